The van der Waals surface area contributed by atoms with E-state index in [9.17, 15) is 8.42 Å². The van der Waals surface area contributed by atoms with E-state index < -0.39 is 16.2 Å². The third kappa shape index (κ3) is 3.83. The number of halogens is 2. The second-order valence-corrected chi connectivity index (χ2v) is 9.92. The van der Waals surface area contributed by atoms with Crippen molar-refractivity contribution < 1.29 is 17.3 Å². The lowest BCUT2D eigenvalue weighted by Crippen LogP contribution is -2.12. The van der Waals surface area contributed by atoms with Gasteiger partial charge in [0.25, 0.3) is 10.1 Å². The Morgan fingerprint density at radius 3 is 2.43 bits per heavy atom. The lowest BCUT2D eigenvalue weighted by molar-refractivity contribution is 0.235. The molecule has 0 fully saturated rings. The van der Waals surface area contributed by atoms with Crippen LogP contribution in [0.25, 0.3) is 11.1 Å². The van der Waals surface area contributed by atoms with Crippen molar-refractivity contribution >= 4 is 33.3 Å². The summed E-state index contributed by atoms with van der Waals surface area (Å²) in [5.41, 5.74) is 5.26. The zero-order valence-electron chi connectivity index (χ0n) is 16.7. The molecule has 30 heavy (non-hydrogen) atoms. The summed E-state index contributed by atoms with van der Waals surface area (Å²) < 4.78 is 36.1. The van der Waals surface area contributed by atoms with Gasteiger partial charge in [-0.2, -0.15) is 8.42 Å². The van der Waals surface area contributed by atoms with Crippen molar-refractivity contribution in [2.75, 3.05) is 7.11 Å². The largest absolute Gasteiger partial charge is 0.484 e. The van der Waals surface area contributed by atoms with Gasteiger partial charge < -0.3 is 4.74 Å². The summed E-state index contributed by atoms with van der Waals surface area (Å²) in [5, 5.41) is 1.08. The van der Waals surface area contributed by atoms with Gasteiger partial charge in [-0.05, 0) is 49.2 Å². The van der Waals surface area contributed by atoms with E-state index in [1.165, 1.54) is 0 Å². The molecule has 0 aromatic heterocycles. The Labute approximate surface area is 186 Å². The van der Waals surface area contributed by atoms with E-state index in [4.69, 9.17) is 32.1 Å². The minimum Gasteiger partial charge on any atom is -0.484 e. The van der Waals surface area contributed by atoms with Gasteiger partial charge in [0.05, 0.1) is 12.1 Å². The normalized spacial score (nSPS) is 15.7. The zero-order valence-corrected chi connectivity index (χ0v) is 19.0. The van der Waals surface area contributed by atoms with Crippen LogP contribution in [0.4, 0.5) is 0 Å². The first-order chi connectivity index (χ1) is 14.2. The Balaban J connectivity index is 1.83. The molecule has 0 amide bonds. The van der Waals surface area contributed by atoms with Crippen LogP contribution >= 0.6 is 23.2 Å². The quantitative estimate of drug-likeness (QED) is 0.427. The Morgan fingerprint density at radius 2 is 1.73 bits per heavy atom. The molecule has 0 spiro atoms. The highest BCUT2D eigenvalue weighted by Crippen LogP contribution is 2.47. The van der Waals surface area contributed by atoms with E-state index >= 15 is 0 Å². The van der Waals surface area contributed by atoms with Gasteiger partial charge in [-0.3, -0.25) is 4.18 Å². The maximum atomic E-state index is 12.5. The van der Waals surface area contributed by atoms with Gasteiger partial charge in [0.1, 0.15) is 16.7 Å². The van der Waals surface area contributed by atoms with E-state index in [2.05, 4.69) is 6.07 Å². The predicted octanol–water partition coefficient (Wildman–Crippen LogP) is 6.29. The minimum atomic E-state index is -3.87. The van der Waals surface area contributed by atoms with Crippen LogP contribution in [-0.2, 0) is 20.7 Å². The monoisotopic (exact) mass is 462 g/mol. The molecule has 4 nitrogen and oxygen atoms in total. The first-order valence-electron chi connectivity index (χ1n) is 9.36. The molecule has 4 rings (SSSR count). The van der Waals surface area contributed by atoms with E-state index in [0.717, 1.165) is 34.9 Å². The van der Waals surface area contributed by atoms with Crippen molar-refractivity contribution in [3.8, 4) is 16.9 Å². The van der Waals surface area contributed by atoms with Gasteiger partial charge in [-0.25, -0.2) is 0 Å². The van der Waals surface area contributed by atoms with Crippen molar-refractivity contribution in [3.63, 3.8) is 0 Å². The molecular weight excluding hydrogens is 443 g/mol. The van der Waals surface area contributed by atoms with Crippen LogP contribution in [0.1, 0.15) is 28.4 Å². The fourth-order valence-electron chi connectivity index (χ4n) is 3.84. The number of ether oxygens (including phenoxy) is 1. The van der Waals surface area contributed by atoms with E-state index in [1.54, 1.807) is 24.3 Å². The molecule has 0 radical (unpaired) electrons. The first kappa shape index (κ1) is 21.2. The molecule has 1 heterocycles. The van der Waals surface area contributed by atoms with Crippen LogP contribution in [0.3, 0.4) is 0 Å². The number of rotatable bonds is 4. The predicted molar refractivity (Wildman–Crippen MR) is 119 cm³/mol. The number of hydrogen-bond acceptors (Lipinski definition) is 4. The molecule has 0 aliphatic carbocycles. The maximum absolute atomic E-state index is 12.5. The molecular formula is C23H20Cl2O4S. The van der Waals surface area contributed by atoms with Crippen LogP contribution in [0, 0.1) is 13.8 Å². The van der Waals surface area contributed by atoms with Gasteiger partial charge in [-0.1, -0.05) is 53.0 Å². The molecule has 0 saturated carbocycles. The molecule has 1 unspecified atom stereocenters. The fraction of sp³-hybridized carbons (Fsp3) is 0.217. The third-order valence-corrected chi connectivity index (χ3v) is 7.09. The molecule has 3 aromatic carbocycles. The summed E-state index contributed by atoms with van der Waals surface area (Å²) in [6, 6.07) is 14.6. The average molecular weight is 463 g/mol. The first-order valence-corrected chi connectivity index (χ1v) is 11.5. The minimum absolute atomic E-state index is 0.121. The molecule has 0 saturated heterocycles. The molecule has 1 aliphatic rings. The van der Waals surface area contributed by atoms with Gasteiger partial charge in [0, 0.05) is 28.1 Å². The van der Waals surface area contributed by atoms with Gasteiger partial charge in [0.2, 0.25) is 0 Å². The van der Waals surface area contributed by atoms with E-state index in [-0.39, 0.29) is 4.90 Å². The van der Waals surface area contributed by atoms with Crippen LogP contribution in [0.5, 0.6) is 5.75 Å². The molecule has 7 heteroatoms. The van der Waals surface area contributed by atoms with Gasteiger partial charge in [-0.15, -0.1) is 0 Å². The highest BCUT2D eigenvalue weighted by molar-refractivity contribution is 7.86. The summed E-state index contributed by atoms with van der Waals surface area (Å²) in [7, 11) is -2.71. The molecule has 0 N–H and O–H groups in total. The summed E-state index contributed by atoms with van der Waals surface area (Å²) in [6.45, 7) is 3.92. The van der Waals surface area contributed by atoms with Crippen molar-refractivity contribution in [2.45, 2.75) is 31.3 Å². The Bertz CT molecular complexity index is 1250. The molecule has 156 valence electrons. The molecule has 0 bridgehead atoms. The number of aryl methyl sites for hydroxylation is 2. The van der Waals surface area contributed by atoms with Crippen LogP contribution in [-0.4, -0.2) is 15.5 Å². The highest BCUT2D eigenvalue weighted by Gasteiger charge is 2.32. The van der Waals surface area contributed by atoms with E-state index in [1.807, 2.05) is 32.0 Å². The lowest BCUT2D eigenvalue weighted by Gasteiger charge is -2.17. The standard InChI is InChI=1S/C23H20Cl2O4S/c1-13-4-7-22(30(26,27)28-3)19(9-13)21-11-15-8-14(2)10-18(23(15)29-21)17-6-5-16(24)12-20(17)25/h4-10,12,21H,11H2,1-3H3. The zero-order chi connectivity index (χ0) is 21.6. The summed E-state index contributed by atoms with van der Waals surface area (Å²) in [5.74, 6) is 0.706. The second kappa shape index (κ2) is 7.89. The number of benzene rings is 3. The molecule has 3 aromatic rings. The highest BCUT2D eigenvalue weighted by atomic mass is 35.5. The number of fused-ring (bicyclic) bond motifs is 1. The number of hydrogen-bond donors (Lipinski definition) is 0. The van der Waals surface area contributed by atoms with Gasteiger partial charge >= 0.3 is 0 Å². The molecule has 1 aliphatic heterocycles. The van der Waals surface area contributed by atoms with Crippen LogP contribution in [0.2, 0.25) is 10.0 Å². The van der Waals surface area contributed by atoms with Gasteiger partial charge in [0.15, 0.2) is 0 Å². The topological polar surface area (TPSA) is 52.6 Å². The SMILES string of the molecule is COS(=O)(=O)c1ccc(C)cc1C1Cc2cc(C)cc(-c3ccc(Cl)cc3Cl)c2O1. The summed E-state index contributed by atoms with van der Waals surface area (Å²) in [4.78, 5) is 0.121. The lowest BCUT2D eigenvalue weighted by atomic mass is 9.96. The van der Waals surface area contributed by atoms with Crippen LogP contribution < -0.4 is 4.74 Å². The summed E-state index contributed by atoms with van der Waals surface area (Å²) in [6.07, 6.45) is 0.0942. The molecule has 1 atom stereocenters. The van der Waals surface area contributed by atoms with Crippen molar-refractivity contribution in [1.29, 1.82) is 0 Å². The Morgan fingerprint density at radius 1 is 0.967 bits per heavy atom. The third-order valence-electron chi connectivity index (χ3n) is 5.20. The van der Waals surface area contributed by atoms with Crippen molar-refractivity contribution in [1.82, 2.24) is 0 Å². The average Bonchev–Trinajstić information content (AvgIpc) is 3.11. The maximum Gasteiger partial charge on any atom is 0.297 e. The van der Waals surface area contributed by atoms with E-state index in [0.29, 0.717) is 27.8 Å². The van der Waals surface area contributed by atoms with Crippen LogP contribution in [0.15, 0.2) is 53.4 Å². The van der Waals surface area contributed by atoms with Crippen molar-refractivity contribution in [3.05, 3.63) is 80.8 Å². The Kier molecular flexibility index (Phi) is 5.58. The summed E-state index contributed by atoms with van der Waals surface area (Å²) >= 11 is 12.5. The smallest absolute Gasteiger partial charge is 0.297 e. The van der Waals surface area contributed by atoms with Crippen molar-refractivity contribution in [2.24, 2.45) is 0 Å². The fourth-order valence-corrected chi connectivity index (χ4v) is 5.24. The Hall–Kier alpha value is -2.05. The second-order valence-electron chi connectivity index (χ2n) is 7.40.